The number of phenols is 1. The van der Waals surface area contributed by atoms with E-state index in [4.69, 9.17) is 0 Å². The van der Waals surface area contributed by atoms with Crippen LogP contribution < -0.4 is 15.8 Å². The topological polar surface area (TPSA) is 32.3 Å². The minimum Gasteiger partial charge on any atom is -0.507 e. The van der Waals surface area contributed by atoms with Crippen LogP contribution >= 0.6 is 0 Å². The molecular formula is C13H10NO. The van der Waals surface area contributed by atoms with Gasteiger partial charge in [-0.25, -0.2) is 0 Å². The zero-order chi connectivity index (χ0) is 10.3. The Morgan fingerprint density at radius 2 is 2.07 bits per heavy atom. The van der Waals surface area contributed by atoms with E-state index in [1.807, 2.05) is 43.0 Å². The van der Waals surface area contributed by atoms with E-state index in [2.05, 4.69) is 5.32 Å². The van der Waals surface area contributed by atoms with Crippen LogP contribution in [-0.2, 0) is 0 Å². The molecule has 1 heterocycles. The zero-order valence-electron chi connectivity index (χ0n) is 8.07. The summed E-state index contributed by atoms with van der Waals surface area (Å²) in [7, 11) is 0. The molecule has 0 atom stereocenters. The Morgan fingerprint density at radius 1 is 1.13 bits per heavy atom. The van der Waals surface area contributed by atoms with Crippen molar-refractivity contribution in [3.05, 3.63) is 59.0 Å². The SMILES string of the molecule is Oc1cccc2c1=C1NC=CC=C1[CH]C=2. The molecule has 1 aliphatic carbocycles. The highest BCUT2D eigenvalue weighted by Crippen LogP contribution is 2.17. The van der Waals surface area contributed by atoms with Crippen molar-refractivity contribution in [1.29, 1.82) is 0 Å². The van der Waals surface area contributed by atoms with Gasteiger partial charge in [0.2, 0.25) is 0 Å². The van der Waals surface area contributed by atoms with Crippen LogP contribution in [-0.4, -0.2) is 5.11 Å². The van der Waals surface area contributed by atoms with E-state index in [0.717, 1.165) is 21.7 Å². The van der Waals surface area contributed by atoms with Crippen molar-refractivity contribution >= 4 is 11.8 Å². The fraction of sp³-hybridized carbons (Fsp3) is 0. The summed E-state index contributed by atoms with van der Waals surface area (Å²) in [4.78, 5) is 0. The van der Waals surface area contributed by atoms with Gasteiger partial charge in [-0.15, -0.1) is 0 Å². The van der Waals surface area contributed by atoms with Gasteiger partial charge in [0.05, 0.1) is 5.70 Å². The molecule has 0 aromatic heterocycles. The molecule has 0 bridgehead atoms. The monoisotopic (exact) mass is 196 g/mol. The number of rotatable bonds is 0. The summed E-state index contributed by atoms with van der Waals surface area (Å²) in [6.45, 7) is 0. The zero-order valence-corrected chi connectivity index (χ0v) is 8.07. The fourth-order valence-corrected chi connectivity index (χ4v) is 1.95. The van der Waals surface area contributed by atoms with Crippen LogP contribution in [0.3, 0.4) is 0 Å². The van der Waals surface area contributed by atoms with Gasteiger partial charge in [0, 0.05) is 17.8 Å². The summed E-state index contributed by atoms with van der Waals surface area (Å²) in [5.74, 6) is 0.320. The lowest BCUT2D eigenvalue weighted by molar-refractivity contribution is 0.469. The molecule has 1 aliphatic heterocycles. The maximum absolute atomic E-state index is 9.85. The average molecular weight is 196 g/mol. The van der Waals surface area contributed by atoms with E-state index in [9.17, 15) is 5.11 Å². The molecule has 0 saturated carbocycles. The van der Waals surface area contributed by atoms with E-state index >= 15 is 0 Å². The highest BCUT2D eigenvalue weighted by atomic mass is 16.3. The van der Waals surface area contributed by atoms with E-state index in [1.165, 1.54) is 0 Å². The lowest BCUT2D eigenvalue weighted by Gasteiger charge is -2.17. The number of phenolic OH excluding ortho intramolecular Hbond substituents is 1. The van der Waals surface area contributed by atoms with Gasteiger partial charge in [-0.3, -0.25) is 0 Å². The molecule has 0 spiro atoms. The largest absolute Gasteiger partial charge is 0.507 e. The second kappa shape index (κ2) is 3.02. The molecule has 3 rings (SSSR count). The number of fused-ring (bicyclic) bond motifs is 2. The molecular weight excluding hydrogens is 186 g/mol. The molecule has 73 valence electrons. The Kier molecular flexibility index (Phi) is 1.68. The summed E-state index contributed by atoms with van der Waals surface area (Å²) in [6.07, 6.45) is 9.92. The first-order valence-corrected chi connectivity index (χ1v) is 4.87. The lowest BCUT2D eigenvalue weighted by atomic mass is 9.97. The van der Waals surface area contributed by atoms with E-state index in [0.29, 0.717) is 5.75 Å². The Labute approximate surface area is 87.6 Å². The highest BCUT2D eigenvalue weighted by molar-refractivity contribution is 5.76. The van der Waals surface area contributed by atoms with Crippen LogP contribution in [0.15, 0.2) is 42.1 Å². The van der Waals surface area contributed by atoms with E-state index in [-0.39, 0.29) is 0 Å². The second-order valence-corrected chi connectivity index (χ2v) is 3.58. The number of allylic oxidation sites excluding steroid dienone is 2. The first-order valence-electron chi connectivity index (χ1n) is 4.87. The second-order valence-electron chi connectivity index (χ2n) is 3.58. The minimum absolute atomic E-state index is 0.320. The third-order valence-corrected chi connectivity index (χ3v) is 2.66. The number of dihydropyridines is 1. The fourth-order valence-electron chi connectivity index (χ4n) is 1.95. The Morgan fingerprint density at radius 3 is 3.00 bits per heavy atom. The smallest absolute Gasteiger partial charge is 0.125 e. The van der Waals surface area contributed by atoms with Crippen molar-refractivity contribution in [1.82, 2.24) is 5.32 Å². The molecule has 2 heteroatoms. The van der Waals surface area contributed by atoms with Gasteiger partial charge in [0.25, 0.3) is 0 Å². The van der Waals surface area contributed by atoms with Crippen LogP contribution in [0.4, 0.5) is 0 Å². The Bertz CT molecular complexity index is 593. The first-order chi connectivity index (χ1) is 7.36. The Hall–Kier alpha value is -1.96. The number of hydrogen-bond donors (Lipinski definition) is 2. The lowest BCUT2D eigenvalue weighted by Crippen LogP contribution is -2.35. The van der Waals surface area contributed by atoms with Gasteiger partial charge in [0.15, 0.2) is 0 Å². The highest BCUT2D eigenvalue weighted by Gasteiger charge is 2.13. The van der Waals surface area contributed by atoms with Gasteiger partial charge in [0.1, 0.15) is 5.75 Å². The van der Waals surface area contributed by atoms with Crippen molar-refractivity contribution in [2.45, 2.75) is 0 Å². The van der Waals surface area contributed by atoms with Crippen LogP contribution in [0.2, 0.25) is 0 Å². The van der Waals surface area contributed by atoms with Crippen LogP contribution in [0.5, 0.6) is 5.75 Å². The predicted octanol–water partition coefficient (Wildman–Crippen LogP) is 0.542. The number of hydrogen-bond acceptors (Lipinski definition) is 2. The summed E-state index contributed by atoms with van der Waals surface area (Å²) < 4.78 is 0. The summed E-state index contributed by atoms with van der Waals surface area (Å²) in [6, 6.07) is 5.56. The molecule has 0 unspecified atom stereocenters. The van der Waals surface area contributed by atoms with E-state index in [1.54, 1.807) is 6.07 Å². The molecule has 15 heavy (non-hydrogen) atoms. The van der Waals surface area contributed by atoms with Gasteiger partial charge < -0.3 is 10.4 Å². The van der Waals surface area contributed by atoms with Crippen molar-refractivity contribution < 1.29 is 5.11 Å². The van der Waals surface area contributed by atoms with Gasteiger partial charge >= 0.3 is 0 Å². The molecule has 1 aromatic rings. The van der Waals surface area contributed by atoms with Crippen LogP contribution in [0, 0.1) is 6.42 Å². The molecule has 1 aromatic carbocycles. The number of benzene rings is 1. The molecule has 0 saturated heterocycles. The van der Waals surface area contributed by atoms with Crippen molar-refractivity contribution in [3.63, 3.8) is 0 Å². The summed E-state index contributed by atoms with van der Waals surface area (Å²) >= 11 is 0. The van der Waals surface area contributed by atoms with Gasteiger partial charge in [-0.1, -0.05) is 24.3 Å². The van der Waals surface area contributed by atoms with Gasteiger partial charge in [-0.2, -0.15) is 0 Å². The summed E-state index contributed by atoms with van der Waals surface area (Å²) in [5, 5.41) is 15.0. The number of nitrogens with one attached hydrogen (secondary N) is 1. The van der Waals surface area contributed by atoms with E-state index < -0.39 is 0 Å². The molecule has 2 N–H and O–H groups in total. The Balaban J connectivity index is 2.46. The maximum Gasteiger partial charge on any atom is 0.125 e. The third-order valence-electron chi connectivity index (χ3n) is 2.66. The van der Waals surface area contributed by atoms with Crippen molar-refractivity contribution in [2.24, 2.45) is 0 Å². The number of aromatic hydroxyl groups is 1. The van der Waals surface area contributed by atoms with Crippen molar-refractivity contribution in [3.8, 4) is 5.75 Å². The predicted molar refractivity (Wildman–Crippen MR) is 59.9 cm³/mol. The average Bonchev–Trinajstić information content (AvgIpc) is 2.29. The molecule has 0 fully saturated rings. The molecule has 2 nitrogen and oxygen atoms in total. The molecule has 0 amide bonds. The first kappa shape index (κ1) is 8.36. The molecule has 1 radical (unpaired) electrons. The van der Waals surface area contributed by atoms with Crippen LogP contribution in [0.25, 0.3) is 11.8 Å². The van der Waals surface area contributed by atoms with Gasteiger partial charge in [-0.05, 0) is 22.9 Å². The summed E-state index contributed by atoms with van der Waals surface area (Å²) in [5.41, 5.74) is 2.08. The maximum atomic E-state index is 9.85. The standard InChI is InChI=1S/C13H10NO/c15-11-5-1-3-9-6-7-10-4-2-8-14-13(10)12(9)11/h1-8,14-15H. The van der Waals surface area contributed by atoms with Crippen molar-refractivity contribution in [2.75, 3.05) is 0 Å². The third kappa shape index (κ3) is 1.18. The normalized spacial score (nSPS) is 17.1. The van der Waals surface area contributed by atoms with Crippen LogP contribution in [0.1, 0.15) is 0 Å². The quantitative estimate of drug-likeness (QED) is 0.635. The minimum atomic E-state index is 0.320. The molecule has 2 aliphatic rings.